The van der Waals surface area contributed by atoms with Crippen LogP contribution in [0.5, 0.6) is 0 Å². The molecule has 0 aromatic heterocycles. The van der Waals surface area contributed by atoms with Crippen LogP contribution in [0.25, 0.3) is 0 Å². The summed E-state index contributed by atoms with van der Waals surface area (Å²) in [6.45, 7) is 3.35. The predicted molar refractivity (Wildman–Crippen MR) is 48.6 cm³/mol. The minimum absolute atomic E-state index is 0.0732. The minimum Gasteiger partial charge on any atom is -0.374 e. The van der Waals surface area contributed by atoms with E-state index in [1.165, 1.54) is 0 Å². The normalized spacial score (nSPS) is 23.9. The smallest absolute Gasteiger partial charge is 0.187 e. The van der Waals surface area contributed by atoms with Gasteiger partial charge in [0, 0.05) is 18.1 Å². The predicted octanol–water partition coefficient (Wildman–Crippen LogP) is 0.724. The van der Waals surface area contributed by atoms with E-state index in [-0.39, 0.29) is 18.5 Å². The van der Waals surface area contributed by atoms with Crippen LogP contribution in [0.2, 0.25) is 0 Å². The monoisotopic (exact) mass is 190 g/mol. The van der Waals surface area contributed by atoms with Gasteiger partial charge >= 0.3 is 0 Å². The second-order valence-corrected chi connectivity index (χ2v) is 3.69. The van der Waals surface area contributed by atoms with E-state index in [2.05, 4.69) is 0 Å². The van der Waals surface area contributed by atoms with Crippen LogP contribution in [0.15, 0.2) is 0 Å². The molecule has 1 rings (SSSR count). The first-order valence-electron chi connectivity index (χ1n) is 4.14. The summed E-state index contributed by atoms with van der Waals surface area (Å²) in [5.41, 5.74) is 0. The first kappa shape index (κ1) is 10.0. The van der Waals surface area contributed by atoms with Gasteiger partial charge in [0.1, 0.15) is 12.7 Å². The van der Waals surface area contributed by atoms with Crippen molar-refractivity contribution in [1.82, 2.24) is 0 Å². The van der Waals surface area contributed by atoms with Crippen molar-refractivity contribution >= 4 is 17.5 Å². The molecule has 1 atom stereocenters. The van der Waals surface area contributed by atoms with Gasteiger partial charge < -0.3 is 9.47 Å². The third kappa shape index (κ3) is 3.13. The molecule has 4 heteroatoms. The molecule has 0 aliphatic carbocycles. The average Bonchev–Trinajstić information content (AvgIpc) is 2.15. The molecule has 70 valence electrons. The molecule has 0 bridgehead atoms. The summed E-state index contributed by atoms with van der Waals surface area (Å²) < 4.78 is 10.3. The third-order valence-corrected chi connectivity index (χ3v) is 2.62. The summed E-state index contributed by atoms with van der Waals surface area (Å²) >= 11 is 1.76. The molecule has 0 N–H and O–H groups in total. The van der Waals surface area contributed by atoms with Crippen LogP contribution < -0.4 is 0 Å². The Morgan fingerprint density at radius 2 is 2.58 bits per heavy atom. The SMILES string of the molecule is CCOCC(=O)C1CSCCO1. The van der Waals surface area contributed by atoms with Crippen LogP contribution >= 0.6 is 11.8 Å². The Labute approximate surface area is 76.8 Å². The molecule has 1 fully saturated rings. The summed E-state index contributed by atoms with van der Waals surface area (Å²) in [6, 6.07) is 0. The minimum atomic E-state index is -0.227. The Balaban J connectivity index is 2.20. The number of ether oxygens (including phenoxy) is 2. The Kier molecular flexibility index (Phi) is 4.65. The number of ketones is 1. The highest BCUT2D eigenvalue weighted by atomic mass is 32.2. The zero-order valence-corrected chi connectivity index (χ0v) is 8.06. The van der Waals surface area contributed by atoms with Crippen molar-refractivity contribution < 1.29 is 14.3 Å². The van der Waals surface area contributed by atoms with Gasteiger partial charge in [-0.05, 0) is 6.92 Å². The fourth-order valence-electron chi connectivity index (χ4n) is 0.969. The lowest BCUT2D eigenvalue weighted by Gasteiger charge is -2.20. The van der Waals surface area contributed by atoms with Gasteiger partial charge in [-0.1, -0.05) is 0 Å². The maximum atomic E-state index is 11.3. The maximum Gasteiger partial charge on any atom is 0.187 e. The second-order valence-electron chi connectivity index (χ2n) is 2.54. The maximum absolute atomic E-state index is 11.3. The van der Waals surface area contributed by atoms with Gasteiger partial charge in [-0.2, -0.15) is 11.8 Å². The fourth-order valence-corrected chi connectivity index (χ4v) is 1.85. The van der Waals surface area contributed by atoms with Gasteiger partial charge in [-0.25, -0.2) is 0 Å². The standard InChI is InChI=1S/C8H14O3S/c1-2-10-5-7(9)8-6-12-4-3-11-8/h8H,2-6H2,1H3. The van der Waals surface area contributed by atoms with Gasteiger partial charge in [0.05, 0.1) is 6.61 Å². The molecule has 0 saturated carbocycles. The van der Waals surface area contributed by atoms with Crippen LogP contribution in [0.4, 0.5) is 0 Å². The Bertz CT molecular complexity index is 143. The van der Waals surface area contributed by atoms with E-state index in [1.807, 2.05) is 6.92 Å². The van der Waals surface area contributed by atoms with E-state index in [4.69, 9.17) is 9.47 Å². The Hall–Kier alpha value is -0.0600. The highest BCUT2D eigenvalue weighted by molar-refractivity contribution is 7.99. The van der Waals surface area contributed by atoms with Gasteiger partial charge in [-0.3, -0.25) is 4.79 Å². The van der Waals surface area contributed by atoms with Crippen molar-refractivity contribution in [2.75, 3.05) is 31.3 Å². The van der Waals surface area contributed by atoms with E-state index < -0.39 is 0 Å². The van der Waals surface area contributed by atoms with Crippen molar-refractivity contribution in [1.29, 1.82) is 0 Å². The molecule has 0 aromatic carbocycles. The van der Waals surface area contributed by atoms with Crippen molar-refractivity contribution in [3.05, 3.63) is 0 Å². The number of carbonyl (C=O) groups is 1. The molecule has 0 amide bonds. The summed E-state index contributed by atoms with van der Waals surface area (Å²) in [5, 5.41) is 0. The van der Waals surface area contributed by atoms with Crippen LogP contribution in [0.3, 0.4) is 0 Å². The zero-order chi connectivity index (χ0) is 8.81. The summed E-state index contributed by atoms with van der Waals surface area (Å²) in [5.74, 6) is 1.86. The topological polar surface area (TPSA) is 35.5 Å². The van der Waals surface area contributed by atoms with Gasteiger partial charge in [0.15, 0.2) is 5.78 Å². The Morgan fingerprint density at radius 3 is 3.17 bits per heavy atom. The molecule has 12 heavy (non-hydrogen) atoms. The molecule has 1 saturated heterocycles. The molecule has 1 unspecified atom stereocenters. The average molecular weight is 190 g/mol. The van der Waals surface area contributed by atoms with E-state index in [9.17, 15) is 4.79 Å². The number of thioether (sulfide) groups is 1. The first-order chi connectivity index (χ1) is 5.84. The van der Waals surface area contributed by atoms with Gasteiger partial charge in [0.25, 0.3) is 0 Å². The third-order valence-electron chi connectivity index (χ3n) is 1.62. The number of hydrogen-bond donors (Lipinski definition) is 0. The van der Waals surface area contributed by atoms with E-state index in [0.29, 0.717) is 13.2 Å². The highest BCUT2D eigenvalue weighted by Crippen LogP contribution is 2.13. The molecule has 0 aromatic rings. The van der Waals surface area contributed by atoms with E-state index in [0.717, 1.165) is 11.5 Å². The van der Waals surface area contributed by atoms with Crippen LogP contribution in [0.1, 0.15) is 6.92 Å². The van der Waals surface area contributed by atoms with Crippen LogP contribution in [0, 0.1) is 0 Å². The van der Waals surface area contributed by atoms with E-state index in [1.54, 1.807) is 11.8 Å². The summed E-state index contributed by atoms with van der Waals surface area (Å²) in [4.78, 5) is 11.3. The van der Waals surface area contributed by atoms with Crippen LogP contribution in [-0.4, -0.2) is 43.2 Å². The molecule has 1 aliphatic heterocycles. The van der Waals surface area contributed by atoms with Gasteiger partial charge in [0.2, 0.25) is 0 Å². The fraction of sp³-hybridized carbons (Fsp3) is 0.875. The molecule has 0 radical (unpaired) electrons. The van der Waals surface area contributed by atoms with Crippen molar-refractivity contribution in [2.45, 2.75) is 13.0 Å². The van der Waals surface area contributed by atoms with Crippen molar-refractivity contribution in [3.8, 4) is 0 Å². The molecule has 3 nitrogen and oxygen atoms in total. The number of Topliss-reactive ketones (excluding diaryl/α,β-unsaturated/α-hetero) is 1. The lowest BCUT2D eigenvalue weighted by molar-refractivity contribution is -0.133. The second kappa shape index (κ2) is 5.56. The van der Waals surface area contributed by atoms with Crippen molar-refractivity contribution in [3.63, 3.8) is 0 Å². The molecule has 1 aliphatic rings. The molecular weight excluding hydrogens is 176 g/mol. The van der Waals surface area contributed by atoms with E-state index >= 15 is 0 Å². The first-order valence-corrected chi connectivity index (χ1v) is 5.30. The molecule has 1 heterocycles. The Morgan fingerprint density at radius 1 is 1.75 bits per heavy atom. The number of hydrogen-bond acceptors (Lipinski definition) is 4. The zero-order valence-electron chi connectivity index (χ0n) is 7.25. The summed E-state index contributed by atoms with van der Waals surface area (Å²) in [7, 11) is 0. The summed E-state index contributed by atoms with van der Waals surface area (Å²) in [6.07, 6.45) is -0.227. The van der Waals surface area contributed by atoms with Crippen molar-refractivity contribution in [2.24, 2.45) is 0 Å². The number of carbonyl (C=O) groups excluding carboxylic acids is 1. The molecular formula is C8H14O3S. The van der Waals surface area contributed by atoms with Crippen LogP contribution in [-0.2, 0) is 14.3 Å². The quantitative estimate of drug-likeness (QED) is 0.654. The highest BCUT2D eigenvalue weighted by Gasteiger charge is 2.21. The number of rotatable bonds is 4. The molecule has 0 spiro atoms. The van der Waals surface area contributed by atoms with Gasteiger partial charge in [-0.15, -0.1) is 0 Å². The lowest BCUT2D eigenvalue weighted by atomic mass is 10.3. The largest absolute Gasteiger partial charge is 0.374 e. The lowest BCUT2D eigenvalue weighted by Crippen LogP contribution is -2.34.